The van der Waals surface area contributed by atoms with Crippen molar-refractivity contribution >= 4 is 23.3 Å². The fourth-order valence-electron chi connectivity index (χ4n) is 2.56. The average molecular weight is 277 g/mol. The number of nitrogens with zero attached hydrogens (tertiary/aromatic N) is 1. The molecule has 1 amide bonds. The number of hydrogen-bond donors (Lipinski definition) is 3. The van der Waals surface area contributed by atoms with Gasteiger partial charge in [-0.15, -0.1) is 0 Å². The summed E-state index contributed by atoms with van der Waals surface area (Å²) in [4.78, 5) is 24.8. The van der Waals surface area contributed by atoms with E-state index in [1.807, 2.05) is 4.90 Å². The number of nitrogen functional groups attached to an aromatic ring is 1. The van der Waals surface area contributed by atoms with Gasteiger partial charge in [0.25, 0.3) is 0 Å². The van der Waals surface area contributed by atoms with Gasteiger partial charge in [-0.25, -0.2) is 4.79 Å². The molecule has 0 aliphatic carbocycles. The summed E-state index contributed by atoms with van der Waals surface area (Å²) in [7, 11) is 1.63. The number of aromatic carboxylic acids is 1. The quantitative estimate of drug-likeness (QED) is 0.714. The van der Waals surface area contributed by atoms with Gasteiger partial charge in [-0.1, -0.05) is 0 Å². The van der Waals surface area contributed by atoms with E-state index in [0.717, 1.165) is 19.4 Å². The lowest BCUT2D eigenvalue weighted by Gasteiger charge is -2.34. The van der Waals surface area contributed by atoms with Crippen LogP contribution in [0.3, 0.4) is 0 Å². The van der Waals surface area contributed by atoms with Gasteiger partial charge in [-0.2, -0.15) is 0 Å². The maximum Gasteiger partial charge on any atom is 0.335 e. The Morgan fingerprint density at radius 1 is 1.45 bits per heavy atom. The molecule has 1 aromatic rings. The standard InChI is InChI=1S/C14H19N3O3/c1-16-13(18)10-3-2-6-17(8-10)12-7-9(14(19)20)4-5-11(12)15/h4-5,7,10H,2-3,6,8,15H2,1H3,(H,16,18)(H,19,20). The summed E-state index contributed by atoms with van der Waals surface area (Å²) < 4.78 is 0. The van der Waals surface area contributed by atoms with Crippen molar-refractivity contribution in [2.45, 2.75) is 12.8 Å². The molecule has 0 aromatic heterocycles. The highest BCUT2D eigenvalue weighted by atomic mass is 16.4. The Bertz CT molecular complexity index is 530. The molecule has 1 aliphatic rings. The molecule has 0 saturated carbocycles. The summed E-state index contributed by atoms with van der Waals surface area (Å²) in [6, 6.07) is 4.66. The molecule has 1 aliphatic heterocycles. The fourth-order valence-corrected chi connectivity index (χ4v) is 2.56. The van der Waals surface area contributed by atoms with Crippen LogP contribution < -0.4 is 16.0 Å². The Balaban J connectivity index is 2.24. The van der Waals surface area contributed by atoms with E-state index in [4.69, 9.17) is 10.8 Å². The average Bonchev–Trinajstić information content (AvgIpc) is 2.46. The Morgan fingerprint density at radius 2 is 2.20 bits per heavy atom. The van der Waals surface area contributed by atoms with E-state index >= 15 is 0 Å². The number of carbonyl (C=O) groups is 2. The molecule has 0 bridgehead atoms. The number of anilines is 2. The van der Waals surface area contributed by atoms with Crippen molar-refractivity contribution in [3.05, 3.63) is 23.8 Å². The van der Waals surface area contributed by atoms with Crippen LogP contribution in [0, 0.1) is 5.92 Å². The summed E-state index contributed by atoms with van der Waals surface area (Å²) in [5.74, 6) is -1.05. The smallest absolute Gasteiger partial charge is 0.335 e. The van der Waals surface area contributed by atoms with Gasteiger partial charge in [0.05, 0.1) is 22.9 Å². The Morgan fingerprint density at radius 3 is 2.85 bits per heavy atom. The van der Waals surface area contributed by atoms with E-state index in [1.165, 1.54) is 6.07 Å². The monoisotopic (exact) mass is 277 g/mol. The van der Waals surface area contributed by atoms with Crippen LogP contribution in [0.15, 0.2) is 18.2 Å². The topological polar surface area (TPSA) is 95.7 Å². The van der Waals surface area contributed by atoms with Gasteiger partial charge in [-0.05, 0) is 31.0 Å². The van der Waals surface area contributed by atoms with Crippen LogP contribution in [0.5, 0.6) is 0 Å². The number of nitrogens with two attached hydrogens (primary N) is 1. The number of hydrogen-bond acceptors (Lipinski definition) is 4. The maximum atomic E-state index is 11.7. The molecule has 1 unspecified atom stereocenters. The third kappa shape index (κ3) is 2.84. The van der Waals surface area contributed by atoms with Crippen molar-refractivity contribution in [2.75, 3.05) is 30.8 Å². The third-order valence-corrected chi connectivity index (χ3v) is 3.66. The SMILES string of the molecule is CNC(=O)C1CCCN(c2cc(C(=O)O)ccc2N)C1. The zero-order valence-electron chi connectivity index (χ0n) is 11.4. The fraction of sp³-hybridized carbons (Fsp3) is 0.429. The molecule has 6 heteroatoms. The second-order valence-electron chi connectivity index (χ2n) is 4.98. The summed E-state index contributed by atoms with van der Waals surface area (Å²) in [5, 5.41) is 11.7. The first-order chi connectivity index (χ1) is 9.52. The lowest BCUT2D eigenvalue weighted by Crippen LogP contribution is -2.42. The van der Waals surface area contributed by atoms with Gasteiger partial charge in [0.2, 0.25) is 5.91 Å². The molecule has 1 aromatic carbocycles. The zero-order chi connectivity index (χ0) is 14.7. The van der Waals surface area contributed by atoms with Crippen LogP contribution in [0.1, 0.15) is 23.2 Å². The first-order valence-corrected chi connectivity index (χ1v) is 6.62. The van der Waals surface area contributed by atoms with Gasteiger partial charge in [0, 0.05) is 20.1 Å². The number of carbonyl (C=O) groups excluding carboxylic acids is 1. The predicted molar refractivity (Wildman–Crippen MR) is 76.8 cm³/mol. The predicted octanol–water partition coefficient (Wildman–Crippen LogP) is 0.929. The van der Waals surface area contributed by atoms with E-state index in [9.17, 15) is 9.59 Å². The second-order valence-corrected chi connectivity index (χ2v) is 4.98. The molecule has 1 heterocycles. The van der Waals surface area contributed by atoms with Crippen LogP contribution in [0.2, 0.25) is 0 Å². The molecule has 108 valence electrons. The van der Waals surface area contributed by atoms with Crippen LogP contribution >= 0.6 is 0 Å². The number of rotatable bonds is 3. The lowest BCUT2D eigenvalue weighted by atomic mass is 9.96. The minimum absolute atomic E-state index is 0.0164. The normalized spacial score (nSPS) is 18.6. The zero-order valence-corrected chi connectivity index (χ0v) is 11.4. The third-order valence-electron chi connectivity index (χ3n) is 3.66. The van der Waals surface area contributed by atoms with E-state index in [-0.39, 0.29) is 17.4 Å². The molecule has 1 atom stereocenters. The van der Waals surface area contributed by atoms with Crippen molar-refractivity contribution in [1.29, 1.82) is 0 Å². The largest absolute Gasteiger partial charge is 0.478 e. The van der Waals surface area contributed by atoms with Crippen molar-refractivity contribution in [2.24, 2.45) is 5.92 Å². The molecule has 0 spiro atoms. The minimum Gasteiger partial charge on any atom is -0.478 e. The second kappa shape index (κ2) is 5.81. The van der Waals surface area contributed by atoms with Crippen molar-refractivity contribution < 1.29 is 14.7 Å². The van der Waals surface area contributed by atoms with Gasteiger partial charge in [0.15, 0.2) is 0 Å². The number of nitrogens with one attached hydrogen (secondary N) is 1. The Hall–Kier alpha value is -2.24. The summed E-state index contributed by atoms with van der Waals surface area (Å²) in [5.41, 5.74) is 7.37. The van der Waals surface area contributed by atoms with Crippen molar-refractivity contribution in [1.82, 2.24) is 5.32 Å². The van der Waals surface area contributed by atoms with Gasteiger partial charge < -0.3 is 21.1 Å². The highest BCUT2D eigenvalue weighted by Gasteiger charge is 2.26. The molecular weight excluding hydrogens is 258 g/mol. The molecule has 6 nitrogen and oxygen atoms in total. The van der Waals surface area contributed by atoms with E-state index in [1.54, 1.807) is 19.2 Å². The Labute approximate surface area is 117 Å². The highest BCUT2D eigenvalue weighted by Crippen LogP contribution is 2.29. The maximum absolute atomic E-state index is 11.7. The van der Waals surface area contributed by atoms with Crippen LogP contribution in [-0.4, -0.2) is 37.1 Å². The number of piperidine rings is 1. The molecule has 4 N–H and O–H groups in total. The summed E-state index contributed by atoms with van der Waals surface area (Å²) in [6.45, 7) is 1.34. The highest BCUT2D eigenvalue weighted by molar-refractivity contribution is 5.90. The van der Waals surface area contributed by atoms with Crippen LogP contribution in [0.25, 0.3) is 0 Å². The minimum atomic E-state index is -0.980. The van der Waals surface area contributed by atoms with E-state index < -0.39 is 5.97 Å². The van der Waals surface area contributed by atoms with Crippen LogP contribution in [0.4, 0.5) is 11.4 Å². The first kappa shape index (κ1) is 14.2. The first-order valence-electron chi connectivity index (χ1n) is 6.62. The van der Waals surface area contributed by atoms with Crippen LogP contribution in [-0.2, 0) is 4.79 Å². The van der Waals surface area contributed by atoms with E-state index in [0.29, 0.717) is 17.9 Å². The number of benzene rings is 1. The Kier molecular flexibility index (Phi) is 4.12. The number of amides is 1. The molecular formula is C14H19N3O3. The van der Waals surface area contributed by atoms with Gasteiger partial charge in [-0.3, -0.25) is 4.79 Å². The molecule has 20 heavy (non-hydrogen) atoms. The van der Waals surface area contributed by atoms with E-state index in [2.05, 4.69) is 5.32 Å². The summed E-state index contributed by atoms with van der Waals surface area (Å²) in [6.07, 6.45) is 1.73. The van der Waals surface area contributed by atoms with Crippen molar-refractivity contribution in [3.63, 3.8) is 0 Å². The molecule has 0 radical (unpaired) electrons. The number of carboxylic acids is 1. The molecule has 1 saturated heterocycles. The van der Waals surface area contributed by atoms with Gasteiger partial charge in [0.1, 0.15) is 0 Å². The molecule has 2 rings (SSSR count). The van der Waals surface area contributed by atoms with Gasteiger partial charge >= 0.3 is 5.97 Å². The number of carboxylic acid groups (broad SMARTS) is 1. The van der Waals surface area contributed by atoms with Crippen molar-refractivity contribution in [3.8, 4) is 0 Å². The molecule has 1 fully saturated rings. The summed E-state index contributed by atoms with van der Waals surface area (Å²) >= 11 is 0. The lowest BCUT2D eigenvalue weighted by molar-refractivity contribution is -0.124.